The van der Waals surface area contributed by atoms with Crippen molar-refractivity contribution < 1.29 is 4.79 Å². The highest BCUT2D eigenvalue weighted by molar-refractivity contribution is 5.77. The van der Waals surface area contributed by atoms with Crippen LogP contribution in [0.25, 0.3) is 11.3 Å². The van der Waals surface area contributed by atoms with Crippen LogP contribution >= 0.6 is 0 Å². The number of nitrogens with zero attached hydrogens (tertiary/aromatic N) is 4. The zero-order chi connectivity index (χ0) is 15.4. The molecule has 1 aromatic carbocycles. The van der Waals surface area contributed by atoms with Crippen molar-refractivity contribution in [3.63, 3.8) is 0 Å². The van der Waals surface area contributed by atoms with Gasteiger partial charge in [-0.2, -0.15) is 4.68 Å². The minimum atomic E-state index is -0.0657. The average molecular weight is 298 g/mol. The number of amides is 1. The number of carbonyl (C=O) groups is 1. The second-order valence-electron chi connectivity index (χ2n) is 5.77. The van der Waals surface area contributed by atoms with Gasteiger partial charge in [0.25, 0.3) is 0 Å². The van der Waals surface area contributed by atoms with E-state index in [0.29, 0.717) is 12.6 Å². The summed E-state index contributed by atoms with van der Waals surface area (Å²) >= 11 is 0. The first kappa shape index (κ1) is 14.8. The lowest BCUT2D eigenvalue weighted by Crippen LogP contribution is -2.43. The largest absolute Gasteiger partial charge is 0.346 e. The minimum Gasteiger partial charge on any atom is -0.320 e. The summed E-state index contributed by atoms with van der Waals surface area (Å²) in [4.78, 5) is 14.6. The second-order valence-corrected chi connectivity index (χ2v) is 5.77. The normalized spacial score (nSPS) is 15.7. The summed E-state index contributed by atoms with van der Waals surface area (Å²) in [7, 11) is 0. The van der Waals surface area contributed by atoms with E-state index in [0.717, 1.165) is 24.1 Å². The third-order valence-electron chi connectivity index (χ3n) is 4.36. The van der Waals surface area contributed by atoms with Gasteiger partial charge in [-0.1, -0.05) is 54.8 Å². The van der Waals surface area contributed by atoms with Crippen LogP contribution in [-0.4, -0.2) is 38.5 Å². The van der Waals surface area contributed by atoms with Crippen LogP contribution in [0.4, 0.5) is 4.79 Å². The van der Waals surface area contributed by atoms with Crippen LogP contribution in [0.15, 0.2) is 36.5 Å². The Morgan fingerprint density at radius 3 is 2.64 bits per heavy atom. The molecule has 1 heterocycles. The number of hydrogen-bond acceptors (Lipinski definition) is 3. The summed E-state index contributed by atoms with van der Waals surface area (Å²) in [5, 5.41) is 8.17. The van der Waals surface area contributed by atoms with Gasteiger partial charge < -0.3 is 4.90 Å². The Hall–Kier alpha value is -2.17. The van der Waals surface area contributed by atoms with E-state index in [1.807, 2.05) is 42.2 Å². The van der Waals surface area contributed by atoms with Crippen molar-refractivity contribution in [3.05, 3.63) is 36.5 Å². The lowest BCUT2D eigenvalue weighted by atomic mass is 9.94. The van der Waals surface area contributed by atoms with E-state index in [1.165, 1.54) is 23.9 Å². The molecule has 1 amide bonds. The van der Waals surface area contributed by atoms with Crippen molar-refractivity contribution in [2.75, 3.05) is 6.54 Å². The fourth-order valence-corrected chi connectivity index (χ4v) is 3.17. The summed E-state index contributed by atoms with van der Waals surface area (Å²) in [6, 6.07) is 10.1. The topological polar surface area (TPSA) is 51.0 Å². The number of carbonyl (C=O) groups excluding carboxylic acids is 1. The van der Waals surface area contributed by atoms with E-state index >= 15 is 0 Å². The number of hydrogen-bond donors (Lipinski definition) is 0. The molecular formula is C17H22N4O. The molecule has 0 N–H and O–H groups in total. The molecule has 1 saturated carbocycles. The van der Waals surface area contributed by atoms with Crippen molar-refractivity contribution in [1.29, 1.82) is 0 Å². The van der Waals surface area contributed by atoms with E-state index in [2.05, 4.69) is 10.3 Å². The van der Waals surface area contributed by atoms with Crippen LogP contribution in [0.1, 0.15) is 39.0 Å². The number of aromatic nitrogens is 3. The monoisotopic (exact) mass is 298 g/mol. The predicted octanol–water partition coefficient (Wildman–Crippen LogP) is 3.57. The molecule has 22 heavy (non-hydrogen) atoms. The first-order valence-corrected chi connectivity index (χ1v) is 8.08. The molecule has 0 bridgehead atoms. The molecule has 1 aliphatic rings. The lowest BCUT2D eigenvalue weighted by Gasteiger charge is -2.32. The summed E-state index contributed by atoms with van der Waals surface area (Å²) in [5.41, 5.74) is 1.70. The average Bonchev–Trinajstić information content (AvgIpc) is 3.07. The molecule has 116 valence electrons. The lowest BCUT2D eigenvalue weighted by molar-refractivity contribution is 0.158. The predicted molar refractivity (Wildman–Crippen MR) is 85.5 cm³/mol. The van der Waals surface area contributed by atoms with E-state index in [9.17, 15) is 4.79 Å². The molecule has 0 unspecified atom stereocenters. The molecule has 2 aromatic rings. The van der Waals surface area contributed by atoms with E-state index in [-0.39, 0.29) is 6.03 Å². The Balaban J connectivity index is 1.78. The summed E-state index contributed by atoms with van der Waals surface area (Å²) in [6.07, 6.45) is 7.62. The van der Waals surface area contributed by atoms with Gasteiger partial charge in [0.05, 0.1) is 6.20 Å². The Kier molecular flexibility index (Phi) is 4.51. The molecule has 3 rings (SSSR count). The van der Waals surface area contributed by atoms with Crippen molar-refractivity contribution in [1.82, 2.24) is 19.9 Å². The highest BCUT2D eigenvalue weighted by Gasteiger charge is 2.26. The van der Waals surface area contributed by atoms with Gasteiger partial charge in [0.2, 0.25) is 0 Å². The number of rotatable bonds is 3. The van der Waals surface area contributed by atoms with E-state index in [4.69, 9.17) is 0 Å². The van der Waals surface area contributed by atoms with Crippen LogP contribution in [-0.2, 0) is 0 Å². The molecule has 0 atom stereocenters. The maximum Gasteiger partial charge on any atom is 0.346 e. The summed E-state index contributed by atoms with van der Waals surface area (Å²) < 4.78 is 1.38. The van der Waals surface area contributed by atoms with Gasteiger partial charge in [-0.3, -0.25) is 0 Å². The highest BCUT2D eigenvalue weighted by atomic mass is 16.2. The van der Waals surface area contributed by atoms with Gasteiger partial charge in [-0.25, -0.2) is 4.79 Å². The molecule has 1 aliphatic carbocycles. The second kappa shape index (κ2) is 6.73. The quantitative estimate of drug-likeness (QED) is 0.870. The van der Waals surface area contributed by atoms with Crippen LogP contribution in [0.2, 0.25) is 0 Å². The van der Waals surface area contributed by atoms with Gasteiger partial charge in [0.15, 0.2) is 0 Å². The highest BCUT2D eigenvalue weighted by Crippen LogP contribution is 2.23. The molecule has 5 heteroatoms. The maximum absolute atomic E-state index is 12.7. The van der Waals surface area contributed by atoms with Gasteiger partial charge in [0.1, 0.15) is 5.69 Å². The molecule has 0 saturated heterocycles. The van der Waals surface area contributed by atoms with Crippen LogP contribution in [0.5, 0.6) is 0 Å². The molecule has 0 radical (unpaired) electrons. The minimum absolute atomic E-state index is 0.0657. The summed E-state index contributed by atoms with van der Waals surface area (Å²) in [5.74, 6) is 0. The maximum atomic E-state index is 12.7. The van der Waals surface area contributed by atoms with Gasteiger partial charge in [0, 0.05) is 18.2 Å². The van der Waals surface area contributed by atoms with Gasteiger partial charge in [-0.05, 0) is 19.8 Å². The van der Waals surface area contributed by atoms with Gasteiger partial charge in [-0.15, -0.1) is 5.10 Å². The van der Waals surface area contributed by atoms with Gasteiger partial charge >= 0.3 is 6.03 Å². The van der Waals surface area contributed by atoms with Crippen molar-refractivity contribution >= 4 is 6.03 Å². The number of benzene rings is 1. The smallest absolute Gasteiger partial charge is 0.320 e. The fraction of sp³-hybridized carbons (Fsp3) is 0.471. The Morgan fingerprint density at radius 1 is 1.23 bits per heavy atom. The van der Waals surface area contributed by atoms with E-state index < -0.39 is 0 Å². The van der Waals surface area contributed by atoms with Crippen LogP contribution < -0.4 is 0 Å². The Bertz CT molecular complexity index is 617. The zero-order valence-electron chi connectivity index (χ0n) is 13.0. The van der Waals surface area contributed by atoms with Crippen molar-refractivity contribution in [2.45, 2.75) is 45.1 Å². The molecular weight excluding hydrogens is 276 g/mol. The molecule has 0 aliphatic heterocycles. The van der Waals surface area contributed by atoms with Crippen LogP contribution in [0.3, 0.4) is 0 Å². The summed E-state index contributed by atoms with van der Waals surface area (Å²) in [6.45, 7) is 2.74. The van der Waals surface area contributed by atoms with Crippen molar-refractivity contribution in [3.8, 4) is 11.3 Å². The molecule has 1 fully saturated rings. The third-order valence-corrected chi connectivity index (χ3v) is 4.36. The Labute approximate surface area is 130 Å². The molecule has 0 spiro atoms. The fourth-order valence-electron chi connectivity index (χ4n) is 3.17. The van der Waals surface area contributed by atoms with Crippen molar-refractivity contribution in [2.24, 2.45) is 0 Å². The zero-order valence-corrected chi connectivity index (χ0v) is 13.0. The van der Waals surface area contributed by atoms with E-state index in [1.54, 1.807) is 6.20 Å². The SMILES string of the molecule is CCN(C(=O)n1cc(-c2ccccc2)nn1)C1CCCCC1. The molecule has 5 nitrogen and oxygen atoms in total. The third kappa shape index (κ3) is 3.03. The first-order valence-electron chi connectivity index (χ1n) is 8.08. The molecule has 1 aromatic heterocycles. The van der Waals surface area contributed by atoms with Crippen LogP contribution in [0, 0.1) is 0 Å². The standard InChI is InChI=1S/C17H22N4O/c1-2-20(15-11-7-4-8-12-15)17(22)21-13-16(18-19-21)14-9-5-3-6-10-14/h3,5-6,9-10,13,15H,2,4,7-8,11-12H2,1H3. The first-order chi connectivity index (χ1) is 10.8. The Morgan fingerprint density at radius 2 is 1.95 bits per heavy atom.